The van der Waals surface area contributed by atoms with Gasteiger partial charge in [-0.1, -0.05) is 62.0 Å². The van der Waals surface area contributed by atoms with Gasteiger partial charge in [-0.3, -0.25) is 0 Å². The lowest BCUT2D eigenvalue weighted by Gasteiger charge is -2.38. The first kappa shape index (κ1) is 18.4. The van der Waals surface area contributed by atoms with E-state index < -0.39 is 7.26 Å². The molecule has 1 heteroatoms. The lowest BCUT2D eigenvalue weighted by molar-refractivity contribution is 0.786. The average molecular weight is 335 g/mol. The molecule has 0 saturated carbocycles. The first-order valence-corrected chi connectivity index (χ1v) is 9.92. The molecule has 0 N–H and O–H groups in total. The highest BCUT2D eigenvalue weighted by Gasteiger charge is 2.54. The summed E-state index contributed by atoms with van der Waals surface area (Å²) >= 11 is 0. The van der Waals surface area contributed by atoms with Crippen molar-refractivity contribution >= 4 is 23.2 Å². The number of hydrogen-bond acceptors (Lipinski definition) is 0. The minimum atomic E-state index is -1.74. The van der Waals surface area contributed by atoms with Crippen molar-refractivity contribution < 1.29 is 0 Å². The molecule has 0 aliphatic rings. The van der Waals surface area contributed by atoms with E-state index in [0.29, 0.717) is 0 Å². The van der Waals surface area contributed by atoms with Gasteiger partial charge in [-0.15, -0.1) is 0 Å². The van der Waals surface area contributed by atoms with Crippen LogP contribution >= 0.6 is 7.26 Å². The molecule has 3 aromatic carbocycles. The van der Waals surface area contributed by atoms with Gasteiger partial charge in [0, 0.05) is 0 Å². The number of rotatable bonds is 3. The van der Waals surface area contributed by atoms with Gasteiger partial charge in [-0.05, 0) is 57.2 Å². The lowest BCUT2D eigenvalue weighted by Crippen LogP contribution is -2.42. The molecule has 0 aliphatic heterocycles. The van der Waals surface area contributed by atoms with Crippen LogP contribution in [0.15, 0.2) is 91.0 Å². The predicted molar refractivity (Wildman–Crippen MR) is 112 cm³/mol. The fourth-order valence-corrected chi connectivity index (χ4v) is 8.64. The fourth-order valence-electron chi connectivity index (χ4n) is 3.56. The Bertz CT molecular complexity index is 644. The van der Waals surface area contributed by atoms with Gasteiger partial charge in [-0.2, -0.15) is 0 Å². The molecule has 0 nitrogen and oxygen atoms in total. The summed E-state index contributed by atoms with van der Waals surface area (Å²) in [5.74, 6) is 0. The molecule has 0 aliphatic carbocycles. The van der Waals surface area contributed by atoms with Crippen LogP contribution < -0.4 is 15.9 Å². The third-order valence-electron chi connectivity index (χ3n) is 4.44. The molecule has 124 valence electrons. The second-order valence-corrected chi connectivity index (χ2v) is 11.1. The van der Waals surface area contributed by atoms with Gasteiger partial charge >= 0.3 is 0 Å². The molecule has 0 radical (unpaired) electrons. The van der Waals surface area contributed by atoms with Crippen molar-refractivity contribution in [2.45, 2.75) is 33.4 Å². The molecule has 0 bridgehead atoms. The van der Waals surface area contributed by atoms with E-state index in [4.69, 9.17) is 0 Å². The summed E-state index contributed by atoms with van der Waals surface area (Å²) in [6, 6.07) is 33.2. The van der Waals surface area contributed by atoms with Crippen LogP contribution in [0.25, 0.3) is 0 Å². The van der Waals surface area contributed by atoms with E-state index in [1.807, 2.05) is 0 Å². The molecule has 3 rings (SSSR count). The molecule has 0 aromatic heterocycles. The molecule has 0 spiro atoms. The van der Waals surface area contributed by atoms with E-state index in [1.165, 1.54) is 15.9 Å². The third-order valence-corrected chi connectivity index (χ3v) is 9.67. The highest BCUT2D eigenvalue weighted by atomic mass is 31.2. The highest BCUT2D eigenvalue weighted by Crippen LogP contribution is 2.65. The van der Waals surface area contributed by atoms with Crippen molar-refractivity contribution in [3.63, 3.8) is 0 Å². The summed E-state index contributed by atoms with van der Waals surface area (Å²) in [6.45, 7) is 7.15. The summed E-state index contributed by atoms with van der Waals surface area (Å²) in [5, 5.41) is 4.48. The van der Waals surface area contributed by atoms with Gasteiger partial charge in [-0.25, -0.2) is 0 Å². The standard InChI is InChI=1S/C22H24P.CH4/c1-22(2,3)23(19-13-7-4-8-14-19,20-15-9-5-10-16-20)21-17-11-6-12-18-21;/h4-18H,1-3H3;1H4/q+1;. The van der Waals surface area contributed by atoms with Crippen LogP contribution in [0, 0.1) is 0 Å². The van der Waals surface area contributed by atoms with Crippen LogP contribution in [0.4, 0.5) is 0 Å². The van der Waals surface area contributed by atoms with E-state index in [9.17, 15) is 0 Å². The zero-order valence-electron chi connectivity index (χ0n) is 14.1. The van der Waals surface area contributed by atoms with Gasteiger partial charge in [0.2, 0.25) is 0 Å². The second kappa shape index (κ2) is 7.32. The van der Waals surface area contributed by atoms with E-state index in [2.05, 4.69) is 112 Å². The van der Waals surface area contributed by atoms with Crippen molar-refractivity contribution in [1.82, 2.24) is 0 Å². The third kappa shape index (κ3) is 3.04. The Morgan fingerprint density at radius 1 is 0.500 bits per heavy atom. The molecule has 0 heterocycles. The Morgan fingerprint density at radius 2 is 0.750 bits per heavy atom. The first-order chi connectivity index (χ1) is 11.1. The second-order valence-electron chi connectivity index (χ2n) is 6.85. The summed E-state index contributed by atoms with van der Waals surface area (Å²) in [5.41, 5.74) is 0. The molecule has 24 heavy (non-hydrogen) atoms. The fraction of sp³-hybridized carbons (Fsp3) is 0.217. The zero-order valence-corrected chi connectivity index (χ0v) is 15.0. The van der Waals surface area contributed by atoms with E-state index in [-0.39, 0.29) is 12.6 Å². The molecule has 0 saturated heterocycles. The Balaban J connectivity index is 0.00000208. The summed E-state index contributed by atoms with van der Waals surface area (Å²) in [4.78, 5) is 0. The van der Waals surface area contributed by atoms with E-state index in [1.54, 1.807) is 0 Å². The normalized spacial score (nSPS) is 11.6. The van der Waals surface area contributed by atoms with Gasteiger partial charge in [0.1, 0.15) is 23.2 Å². The van der Waals surface area contributed by atoms with Gasteiger partial charge in [0.15, 0.2) is 0 Å². The summed E-state index contributed by atoms with van der Waals surface area (Å²) < 4.78 is 0. The molecule has 3 aromatic rings. The predicted octanol–water partition coefficient (Wildman–Crippen LogP) is 5.42. The van der Waals surface area contributed by atoms with Crippen molar-refractivity contribution in [1.29, 1.82) is 0 Å². The minimum absolute atomic E-state index is 0. The Hall–Kier alpha value is -1.91. The van der Waals surface area contributed by atoms with E-state index in [0.717, 1.165) is 0 Å². The first-order valence-electron chi connectivity index (χ1n) is 8.13. The molecule has 0 unspecified atom stereocenters. The quantitative estimate of drug-likeness (QED) is 0.561. The minimum Gasteiger partial charge on any atom is -0.0776 e. The average Bonchev–Trinajstić information content (AvgIpc) is 2.57. The summed E-state index contributed by atoms with van der Waals surface area (Å²) in [6.07, 6.45) is 0. The van der Waals surface area contributed by atoms with Crippen LogP contribution in [-0.2, 0) is 0 Å². The topological polar surface area (TPSA) is 0 Å². The number of benzene rings is 3. The zero-order chi connectivity index (χ0) is 16.3. The molecular formula is C23H28P+. The monoisotopic (exact) mass is 335 g/mol. The van der Waals surface area contributed by atoms with E-state index >= 15 is 0 Å². The molecule has 0 amide bonds. The van der Waals surface area contributed by atoms with Crippen molar-refractivity contribution in [2.75, 3.05) is 0 Å². The Labute approximate surface area is 147 Å². The maximum absolute atomic E-state index is 2.38. The molecule has 0 fully saturated rings. The van der Waals surface area contributed by atoms with Crippen LogP contribution in [0.3, 0.4) is 0 Å². The Morgan fingerprint density at radius 3 is 0.958 bits per heavy atom. The summed E-state index contributed by atoms with van der Waals surface area (Å²) in [7, 11) is -1.74. The maximum Gasteiger partial charge on any atom is 0.117 e. The Kier molecular flexibility index (Phi) is 5.62. The van der Waals surface area contributed by atoms with Crippen molar-refractivity contribution in [3.05, 3.63) is 91.0 Å². The van der Waals surface area contributed by atoms with Crippen LogP contribution in [0.2, 0.25) is 0 Å². The number of hydrogen-bond donors (Lipinski definition) is 0. The van der Waals surface area contributed by atoms with Gasteiger partial charge < -0.3 is 0 Å². The van der Waals surface area contributed by atoms with Crippen LogP contribution in [-0.4, -0.2) is 5.16 Å². The smallest absolute Gasteiger partial charge is 0.0776 e. The van der Waals surface area contributed by atoms with Crippen LogP contribution in [0.5, 0.6) is 0 Å². The molecular weight excluding hydrogens is 307 g/mol. The van der Waals surface area contributed by atoms with Crippen LogP contribution in [0.1, 0.15) is 28.2 Å². The van der Waals surface area contributed by atoms with Crippen molar-refractivity contribution in [3.8, 4) is 0 Å². The van der Waals surface area contributed by atoms with Gasteiger partial charge in [0.25, 0.3) is 0 Å². The maximum atomic E-state index is 2.38. The molecule has 0 atom stereocenters. The lowest BCUT2D eigenvalue weighted by atomic mass is 10.2. The van der Waals surface area contributed by atoms with Gasteiger partial charge in [0.05, 0.1) is 5.16 Å². The SMILES string of the molecule is C.CC(C)(C)[P+](c1ccccc1)(c1ccccc1)c1ccccc1. The highest BCUT2D eigenvalue weighted by molar-refractivity contribution is 7.96. The largest absolute Gasteiger partial charge is 0.117 e. The van der Waals surface area contributed by atoms with Crippen molar-refractivity contribution in [2.24, 2.45) is 0 Å².